The summed E-state index contributed by atoms with van der Waals surface area (Å²) in [7, 11) is 0. The van der Waals surface area contributed by atoms with Crippen molar-refractivity contribution < 1.29 is 0 Å². The molecule has 0 radical (unpaired) electrons. The molecule has 4 heteroatoms. The van der Waals surface area contributed by atoms with Crippen LogP contribution in [0.5, 0.6) is 0 Å². The molecule has 102 valence electrons. The highest BCUT2D eigenvalue weighted by Gasteiger charge is 2.15. The minimum absolute atomic E-state index is 0.317. The van der Waals surface area contributed by atoms with E-state index in [0.29, 0.717) is 6.04 Å². The third kappa shape index (κ3) is 4.41. The van der Waals surface area contributed by atoms with E-state index in [0.717, 1.165) is 36.0 Å². The van der Waals surface area contributed by atoms with Crippen LogP contribution in [-0.2, 0) is 6.42 Å². The summed E-state index contributed by atoms with van der Waals surface area (Å²) in [6.45, 7) is 3.22. The van der Waals surface area contributed by atoms with Gasteiger partial charge in [0.1, 0.15) is 0 Å². The Bertz CT molecular complexity index is 485. The van der Waals surface area contributed by atoms with Crippen LogP contribution >= 0.6 is 27.3 Å². The largest absolute Gasteiger partial charge is 0.309 e. The predicted octanol–water partition coefficient (Wildman–Crippen LogP) is 4.58. The monoisotopic (exact) mass is 338 g/mol. The van der Waals surface area contributed by atoms with Gasteiger partial charge in [-0.05, 0) is 65.3 Å². The Morgan fingerprint density at radius 1 is 1.37 bits per heavy atom. The number of thiophene rings is 1. The molecule has 0 aliphatic carbocycles. The summed E-state index contributed by atoms with van der Waals surface area (Å²) >= 11 is 5.44. The highest BCUT2D eigenvalue weighted by atomic mass is 79.9. The Hall–Kier alpha value is -0.710. The second kappa shape index (κ2) is 7.78. The molecular weight excluding hydrogens is 320 g/mol. The topological polar surface area (TPSA) is 24.9 Å². The minimum atomic E-state index is 0.317. The lowest BCUT2D eigenvalue weighted by Crippen LogP contribution is -2.24. The van der Waals surface area contributed by atoms with Gasteiger partial charge in [0.2, 0.25) is 0 Å². The van der Waals surface area contributed by atoms with Crippen molar-refractivity contribution in [3.05, 3.63) is 50.9 Å². The summed E-state index contributed by atoms with van der Waals surface area (Å²) in [5, 5.41) is 5.74. The summed E-state index contributed by atoms with van der Waals surface area (Å²) < 4.78 is 1.09. The number of aromatic nitrogens is 1. The molecule has 0 spiro atoms. The first kappa shape index (κ1) is 14.7. The first-order chi connectivity index (χ1) is 9.31. The molecule has 0 aliphatic rings. The zero-order valence-corrected chi connectivity index (χ0v) is 13.5. The standard InChI is InChI=1S/C15H19BrN2S/c1-2-9-17-14(8-7-12-5-4-11-19-12)15-13(16)6-3-10-18-15/h3-6,10-11,14,17H,2,7-9H2,1H3. The van der Waals surface area contributed by atoms with Crippen molar-refractivity contribution in [2.24, 2.45) is 0 Å². The van der Waals surface area contributed by atoms with Gasteiger partial charge in [0.15, 0.2) is 0 Å². The average Bonchev–Trinajstić information content (AvgIpc) is 2.93. The molecule has 2 nitrogen and oxygen atoms in total. The molecule has 0 aliphatic heterocycles. The summed E-state index contributed by atoms with van der Waals surface area (Å²) in [5.41, 5.74) is 1.12. The predicted molar refractivity (Wildman–Crippen MR) is 85.6 cm³/mol. The van der Waals surface area contributed by atoms with Crippen molar-refractivity contribution in [2.75, 3.05) is 6.54 Å². The van der Waals surface area contributed by atoms with Crippen molar-refractivity contribution in [1.82, 2.24) is 10.3 Å². The summed E-state index contributed by atoms with van der Waals surface area (Å²) in [6.07, 6.45) is 5.18. The highest BCUT2D eigenvalue weighted by Crippen LogP contribution is 2.25. The SMILES string of the molecule is CCCNC(CCc1cccs1)c1ncccc1Br. The summed E-state index contributed by atoms with van der Waals surface area (Å²) in [4.78, 5) is 5.97. The fourth-order valence-electron chi connectivity index (χ4n) is 2.05. The maximum Gasteiger partial charge on any atom is 0.0714 e. The quantitative estimate of drug-likeness (QED) is 0.799. The smallest absolute Gasteiger partial charge is 0.0714 e. The Morgan fingerprint density at radius 3 is 2.95 bits per heavy atom. The van der Waals surface area contributed by atoms with E-state index in [1.807, 2.05) is 23.6 Å². The van der Waals surface area contributed by atoms with Gasteiger partial charge in [-0.25, -0.2) is 0 Å². The van der Waals surface area contributed by atoms with Gasteiger partial charge >= 0.3 is 0 Å². The number of halogens is 1. The fourth-order valence-corrected chi connectivity index (χ4v) is 3.31. The van der Waals surface area contributed by atoms with E-state index >= 15 is 0 Å². The molecule has 0 saturated carbocycles. The molecule has 0 saturated heterocycles. The minimum Gasteiger partial charge on any atom is -0.309 e. The molecule has 2 rings (SSSR count). The van der Waals surface area contributed by atoms with Crippen LogP contribution in [0.1, 0.15) is 36.4 Å². The van der Waals surface area contributed by atoms with Crippen LogP contribution in [-0.4, -0.2) is 11.5 Å². The first-order valence-corrected chi connectivity index (χ1v) is 8.34. The van der Waals surface area contributed by atoms with Gasteiger partial charge in [-0.1, -0.05) is 13.0 Å². The van der Waals surface area contributed by atoms with Crippen LogP contribution in [0, 0.1) is 0 Å². The van der Waals surface area contributed by atoms with Gasteiger partial charge in [0.25, 0.3) is 0 Å². The van der Waals surface area contributed by atoms with Gasteiger partial charge < -0.3 is 5.32 Å². The van der Waals surface area contributed by atoms with Crippen molar-refractivity contribution in [3.63, 3.8) is 0 Å². The number of nitrogens with zero attached hydrogens (tertiary/aromatic N) is 1. The second-order valence-electron chi connectivity index (χ2n) is 4.50. The van der Waals surface area contributed by atoms with Crippen LogP contribution in [0.2, 0.25) is 0 Å². The molecule has 1 N–H and O–H groups in total. The normalized spacial score (nSPS) is 12.5. The van der Waals surface area contributed by atoms with Gasteiger partial charge in [0.05, 0.1) is 11.7 Å². The van der Waals surface area contributed by atoms with E-state index in [1.54, 1.807) is 0 Å². The second-order valence-corrected chi connectivity index (χ2v) is 6.38. The molecule has 1 unspecified atom stereocenters. The molecule has 2 aromatic heterocycles. The van der Waals surface area contributed by atoms with E-state index < -0.39 is 0 Å². The van der Waals surface area contributed by atoms with Gasteiger partial charge in [-0.3, -0.25) is 4.98 Å². The molecule has 0 amide bonds. The van der Waals surface area contributed by atoms with Crippen LogP contribution in [0.15, 0.2) is 40.3 Å². The molecular formula is C15H19BrN2S. The zero-order valence-electron chi connectivity index (χ0n) is 11.1. The van der Waals surface area contributed by atoms with Gasteiger partial charge in [0, 0.05) is 15.5 Å². The molecule has 0 fully saturated rings. The fraction of sp³-hybridized carbons (Fsp3) is 0.400. The molecule has 0 aromatic carbocycles. The number of hydrogen-bond donors (Lipinski definition) is 1. The molecule has 0 bridgehead atoms. The lowest BCUT2D eigenvalue weighted by Gasteiger charge is -2.18. The lowest BCUT2D eigenvalue weighted by molar-refractivity contribution is 0.488. The Morgan fingerprint density at radius 2 is 2.26 bits per heavy atom. The van der Waals surface area contributed by atoms with E-state index in [-0.39, 0.29) is 0 Å². The third-order valence-electron chi connectivity index (χ3n) is 3.02. The van der Waals surface area contributed by atoms with Crippen LogP contribution in [0.3, 0.4) is 0 Å². The van der Waals surface area contributed by atoms with Gasteiger partial charge in [-0.15, -0.1) is 11.3 Å². The number of pyridine rings is 1. The van der Waals surface area contributed by atoms with E-state index in [9.17, 15) is 0 Å². The zero-order chi connectivity index (χ0) is 13.5. The maximum atomic E-state index is 4.53. The molecule has 2 aromatic rings. The molecule has 1 atom stereocenters. The van der Waals surface area contributed by atoms with Crippen molar-refractivity contribution in [3.8, 4) is 0 Å². The van der Waals surface area contributed by atoms with Gasteiger partial charge in [-0.2, -0.15) is 0 Å². The summed E-state index contributed by atoms with van der Waals surface area (Å²) in [5.74, 6) is 0. The Labute approximate surface area is 127 Å². The lowest BCUT2D eigenvalue weighted by atomic mass is 10.1. The number of aryl methyl sites for hydroxylation is 1. The average molecular weight is 339 g/mol. The Kier molecular flexibility index (Phi) is 6.01. The van der Waals surface area contributed by atoms with Crippen molar-refractivity contribution in [2.45, 2.75) is 32.2 Å². The highest BCUT2D eigenvalue weighted by molar-refractivity contribution is 9.10. The number of hydrogen-bond acceptors (Lipinski definition) is 3. The third-order valence-corrected chi connectivity index (χ3v) is 4.62. The summed E-state index contributed by atoms with van der Waals surface area (Å²) in [6, 6.07) is 8.66. The van der Waals surface area contributed by atoms with E-state index in [2.05, 4.69) is 56.7 Å². The Balaban J connectivity index is 2.05. The first-order valence-electron chi connectivity index (χ1n) is 6.67. The number of nitrogens with one attached hydrogen (secondary N) is 1. The molecule has 2 heterocycles. The van der Waals surface area contributed by atoms with Crippen LogP contribution < -0.4 is 5.32 Å². The van der Waals surface area contributed by atoms with E-state index in [4.69, 9.17) is 0 Å². The number of rotatable bonds is 7. The maximum absolute atomic E-state index is 4.53. The molecule has 19 heavy (non-hydrogen) atoms. The van der Waals surface area contributed by atoms with Crippen LogP contribution in [0.4, 0.5) is 0 Å². The van der Waals surface area contributed by atoms with Crippen molar-refractivity contribution in [1.29, 1.82) is 0 Å². The van der Waals surface area contributed by atoms with Crippen molar-refractivity contribution >= 4 is 27.3 Å². The van der Waals surface area contributed by atoms with Crippen LogP contribution in [0.25, 0.3) is 0 Å². The van der Waals surface area contributed by atoms with E-state index in [1.165, 1.54) is 4.88 Å².